The van der Waals surface area contributed by atoms with Crippen LogP contribution in [0.1, 0.15) is 21.8 Å². The maximum absolute atomic E-state index is 4.78. The third kappa shape index (κ3) is 3.53. The van der Waals surface area contributed by atoms with Crippen molar-refractivity contribution in [3.05, 3.63) is 82.9 Å². The fraction of sp³-hybridized carbons (Fsp3) is 0.143. The van der Waals surface area contributed by atoms with E-state index in [1.807, 2.05) is 50.6 Å². The lowest BCUT2D eigenvalue weighted by Crippen LogP contribution is -1.94. The summed E-state index contributed by atoms with van der Waals surface area (Å²) in [5, 5.41) is 1.05. The first-order valence-corrected chi connectivity index (χ1v) is 9.26. The molecule has 0 amide bonds. The van der Waals surface area contributed by atoms with Crippen LogP contribution in [-0.2, 0) is 6.42 Å². The predicted octanol–water partition coefficient (Wildman–Crippen LogP) is 4.87. The molecule has 0 saturated carbocycles. The lowest BCUT2D eigenvalue weighted by Gasteiger charge is -2.06. The van der Waals surface area contributed by atoms with Gasteiger partial charge < -0.3 is 0 Å². The van der Waals surface area contributed by atoms with E-state index in [2.05, 4.69) is 39.2 Å². The van der Waals surface area contributed by atoms with E-state index >= 15 is 0 Å². The van der Waals surface area contributed by atoms with E-state index in [0.717, 1.165) is 39.1 Å². The molecule has 0 aliphatic heterocycles. The molecule has 4 aromatic rings. The average Bonchev–Trinajstić information content (AvgIpc) is 3.01. The zero-order valence-electron chi connectivity index (χ0n) is 14.7. The second kappa shape index (κ2) is 7.14. The number of aromatic nitrogens is 4. The van der Waals surface area contributed by atoms with Crippen molar-refractivity contribution in [1.82, 2.24) is 19.9 Å². The molecule has 0 aliphatic carbocycles. The highest BCUT2D eigenvalue weighted by Crippen LogP contribution is 2.29. The van der Waals surface area contributed by atoms with Crippen LogP contribution in [0.15, 0.2) is 61.1 Å². The molecule has 4 nitrogen and oxygen atoms in total. The van der Waals surface area contributed by atoms with Crippen molar-refractivity contribution in [2.75, 3.05) is 0 Å². The van der Waals surface area contributed by atoms with Crippen molar-refractivity contribution in [2.45, 2.75) is 20.3 Å². The number of thiazole rings is 1. The zero-order chi connectivity index (χ0) is 17.9. The summed E-state index contributed by atoms with van der Waals surface area (Å²) in [6.45, 7) is 4.04. The quantitative estimate of drug-likeness (QED) is 0.522. The van der Waals surface area contributed by atoms with Crippen LogP contribution in [0, 0.1) is 13.8 Å². The topological polar surface area (TPSA) is 51.6 Å². The molecule has 0 atom stereocenters. The fourth-order valence-corrected chi connectivity index (χ4v) is 3.84. The number of aryl methyl sites for hydroxylation is 2. The van der Waals surface area contributed by atoms with Gasteiger partial charge in [0.25, 0.3) is 0 Å². The highest BCUT2D eigenvalue weighted by atomic mass is 32.1. The van der Waals surface area contributed by atoms with E-state index in [4.69, 9.17) is 4.98 Å². The van der Waals surface area contributed by atoms with Gasteiger partial charge in [-0.25, -0.2) is 15.0 Å². The lowest BCUT2D eigenvalue weighted by molar-refractivity contribution is 1.14. The smallest absolute Gasteiger partial charge is 0.159 e. The van der Waals surface area contributed by atoms with Gasteiger partial charge >= 0.3 is 0 Å². The molecular weight excluding hydrogens is 340 g/mol. The Hall–Kier alpha value is -2.92. The van der Waals surface area contributed by atoms with Gasteiger partial charge in [0.05, 0.1) is 21.3 Å². The Morgan fingerprint density at radius 3 is 2.50 bits per heavy atom. The maximum atomic E-state index is 4.78. The van der Waals surface area contributed by atoms with Crippen LogP contribution in [-0.4, -0.2) is 19.9 Å². The number of hydrogen-bond acceptors (Lipinski definition) is 5. The summed E-state index contributed by atoms with van der Waals surface area (Å²) in [4.78, 5) is 19.0. The summed E-state index contributed by atoms with van der Waals surface area (Å²) < 4.78 is 0. The van der Waals surface area contributed by atoms with Crippen LogP contribution in [0.4, 0.5) is 0 Å². The molecule has 0 spiro atoms. The van der Waals surface area contributed by atoms with Crippen LogP contribution in [0.2, 0.25) is 0 Å². The van der Waals surface area contributed by atoms with Gasteiger partial charge in [0.1, 0.15) is 0 Å². The van der Waals surface area contributed by atoms with E-state index in [9.17, 15) is 0 Å². The van der Waals surface area contributed by atoms with E-state index in [1.165, 1.54) is 11.1 Å². The molecule has 1 aromatic carbocycles. The molecule has 0 aliphatic rings. The number of nitrogens with zero attached hydrogens (tertiary/aromatic N) is 4. The van der Waals surface area contributed by atoms with Crippen LogP contribution < -0.4 is 0 Å². The SMILES string of the molecule is Cc1nc(C)c(-c2ccnc(-c3cccc(Cc4ccncc4)c3)n2)s1. The van der Waals surface area contributed by atoms with Crippen molar-refractivity contribution in [3.8, 4) is 22.0 Å². The molecule has 0 bridgehead atoms. The minimum absolute atomic E-state index is 0.740. The summed E-state index contributed by atoms with van der Waals surface area (Å²) in [6, 6.07) is 14.4. The minimum Gasteiger partial charge on any atom is -0.265 e. The third-order valence-electron chi connectivity index (χ3n) is 4.13. The molecule has 0 radical (unpaired) electrons. The zero-order valence-corrected chi connectivity index (χ0v) is 15.5. The third-order valence-corrected chi connectivity index (χ3v) is 5.23. The van der Waals surface area contributed by atoms with Gasteiger partial charge in [-0.15, -0.1) is 11.3 Å². The van der Waals surface area contributed by atoms with E-state index < -0.39 is 0 Å². The molecule has 0 fully saturated rings. The van der Waals surface area contributed by atoms with E-state index in [-0.39, 0.29) is 0 Å². The molecule has 3 heterocycles. The normalized spacial score (nSPS) is 10.8. The van der Waals surface area contributed by atoms with E-state index in [0.29, 0.717) is 0 Å². The first-order valence-electron chi connectivity index (χ1n) is 8.45. The first-order chi connectivity index (χ1) is 12.7. The Labute approximate surface area is 156 Å². The van der Waals surface area contributed by atoms with Gasteiger partial charge in [-0.05, 0) is 55.7 Å². The van der Waals surface area contributed by atoms with Crippen molar-refractivity contribution in [2.24, 2.45) is 0 Å². The van der Waals surface area contributed by atoms with Gasteiger partial charge in [-0.3, -0.25) is 4.98 Å². The summed E-state index contributed by atoms with van der Waals surface area (Å²) in [5.41, 5.74) is 5.44. The highest BCUT2D eigenvalue weighted by molar-refractivity contribution is 7.15. The van der Waals surface area contributed by atoms with Gasteiger partial charge in [-0.2, -0.15) is 0 Å². The van der Waals surface area contributed by atoms with Gasteiger partial charge in [0, 0.05) is 24.2 Å². The van der Waals surface area contributed by atoms with Gasteiger partial charge in [-0.1, -0.05) is 18.2 Å². The maximum Gasteiger partial charge on any atom is 0.159 e. The van der Waals surface area contributed by atoms with Crippen LogP contribution in [0.3, 0.4) is 0 Å². The summed E-state index contributed by atoms with van der Waals surface area (Å²) in [5.74, 6) is 0.740. The number of benzene rings is 1. The van der Waals surface area contributed by atoms with Crippen LogP contribution in [0.5, 0.6) is 0 Å². The standard InChI is InChI=1S/C21H18N4S/c1-14-20(26-15(2)24-14)19-8-11-23-21(25-19)18-5-3-4-17(13-18)12-16-6-9-22-10-7-16/h3-11,13H,12H2,1-2H3. The van der Waals surface area contributed by atoms with Crippen molar-refractivity contribution in [1.29, 1.82) is 0 Å². The lowest BCUT2D eigenvalue weighted by atomic mass is 10.0. The molecule has 5 heteroatoms. The highest BCUT2D eigenvalue weighted by Gasteiger charge is 2.11. The summed E-state index contributed by atoms with van der Waals surface area (Å²) >= 11 is 1.67. The molecular formula is C21H18N4S. The molecule has 128 valence electrons. The predicted molar refractivity (Wildman–Crippen MR) is 105 cm³/mol. The Morgan fingerprint density at radius 1 is 0.885 bits per heavy atom. The Kier molecular flexibility index (Phi) is 4.54. The Morgan fingerprint density at radius 2 is 1.73 bits per heavy atom. The van der Waals surface area contributed by atoms with Crippen LogP contribution >= 0.6 is 11.3 Å². The molecule has 0 N–H and O–H groups in total. The molecule has 0 unspecified atom stereocenters. The van der Waals surface area contributed by atoms with Crippen molar-refractivity contribution < 1.29 is 0 Å². The van der Waals surface area contributed by atoms with Crippen LogP contribution in [0.25, 0.3) is 22.0 Å². The van der Waals surface area contributed by atoms with Crippen molar-refractivity contribution in [3.63, 3.8) is 0 Å². The summed E-state index contributed by atoms with van der Waals surface area (Å²) in [7, 11) is 0. The first kappa shape index (κ1) is 16.5. The number of pyridine rings is 1. The van der Waals surface area contributed by atoms with Crippen molar-refractivity contribution >= 4 is 11.3 Å². The second-order valence-electron chi connectivity index (χ2n) is 6.15. The summed E-state index contributed by atoms with van der Waals surface area (Å²) in [6.07, 6.45) is 6.33. The monoisotopic (exact) mass is 358 g/mol. The average molecular weight is 358 g/mol. The minimum atomic E-state index is 0.740. The Bertz CT molecular complexity index is 1040. The number of hydrogen-bond donors (Lipinski definition) is 0. The van der Waals surface area contributed by atoms with E-state index in [1.54, 1.807) is 11.3 Å². The largest absolute Gasteiger partial charge is 0.265 e. The van der Waals surface area contributed by atoms with Gasteiger partial charge in [0.15, 0.2) is 5.82 Å². The second-order valence-corrected chi connectivity index (χ2v) is 7.35. The number of rotatable bonds is 4. The molecule has 26 heavy (non-hydrogen) atoms. The molecule has 0 saturated heterocycles. The molecule has 3 aromatic heterocycles. The van der Waals surface area contributed by atoms with Gasteiger partial charge in [0.2, 0.25) is 0 Å². The molecule has 4 rings (SSSR count). The fourth-order valence-electron chi connectivity index (χ4n) is 2.95. The Balaban J connectivity index is 1.67.